The molecule has 0 aromatic rings. The summed E-state index contributed by atoms with van der Waals surface area (Å²) < 4.78 is 0. The fourth-order valence-corrected chi connectivity index (χ4v) is 1.54. The number of hydrogen-bond acceptors (Lipinski definition) is 1. The van der Waals surface area contributed by atoms with Gasteiger partial charge in [-0.1, -0.05) is 38.2 Å². The minimum Gasteiger partial charge on any atom is -0.304 e. The van der Waals surface area contributed by atoms with Crippen LogP contribution >= 0.6 is 0 Å². The highest BCUT2D eigenvalue weighted by atomic mass is 15.1. The van der Waals surface area contributed by atoms with E-state index in [1.807, 2.05) is 0 Å². The van der Waals surface area contributed by atoms with Gasteiger partial charge in [0.25, 0.3) is 0 Å². The summed E-state index contributed by atoms with van der Waals surface area (Å²) in [4.78, 5) is 2.47. The van der Waals surface area contributed by atoms with Crippen molar-refractivity contribution >= 4 is 0 Å². The maximum atomic E-state index is 2.47. The molecule has 1 nitrogen and oxygen atoms in total. The molecule has 1 rings (SSSR count). The Balaban J connectivity index is 2.15. The number of rotatable bonds is 5. The van der Waals surface area contributed by atoms with Crippen molar-refractivity contribution in [3.8, 4) is 0 Å². The minimum absolute atomic E-state index is 0.700. The van der Waals surface area contributed by atoms with E-state index in [1.54, 1.807) is 0 Å². The lowest BCUT2D eigenvalue weighted by Crippen LogP contribution is -2.24. The van der Waals surface area contributed by atoms with Crippen LogP contribution in [0.4, 0.5) is 0 Å². The zero-order valence-electron chi connectivity index (χ0n) is 8.16. The molecule has 0 bridgehead atoms. The Hall–Kier alpha value is -0.560. The van der Waals surface area contributed by atoms with Crippen molar-refractivity contribution in [3.05, 3.63) is 24.3 Å². The summed E-state index contributed by atoms with van der Waals surface area (Å²) >= 11 is 0. The minimum atomic E-state index is 0.700. The Bertz CT molecular complexity index is 154. The summed E-state index contributed by atoms with van der Waals surface area (Å²) in [7, 11) is 0. The predicted molar refractivity (Wildman–Crippen MR) is 54.2 cm³/mol. The van der Waals surface area contributed by atoms with Crippen molar-refractivity contribution in [1.29, 1.82) is 0 Å². The molecule has 1 heteroatoms. The number of nitrogens with zero attached hydrogens (tertiary/aromatic N) is 1. The molecule has 0 spiro atoms. The van der Waals surface area contributed by atoms with Crippen molar-refractivity contribution in [2.24, 2.45) is 5.92 Å². The van der Waals surface area contributed by atoms with E-state index in [4.69, 9.17) is 0 Å². The smallest absolute Gasteiger partial charge is 0.00104 e. The third-order valence-corrected chi connectivity index (χ3v) is 2.50. The van der Waals surface area contributed by atoms with Gasteiger partial charge in [-0.3, -0.25) is 0 Å². The van der Waals surface area contributed by atoms with Crippen LogP contribution < -0.4 is 0 Å². The van der Waals surface area contributed by atoms with Crippen LogP contribution in [0.1, 0.15) is 20.3 Å². The number of hydrogen-bond donors (Lipinski definition) is 0. The van der Waals surface area contributed by atoms with Crippen LogP contribution in [0.3, 0.4) is 0 Å². The van der Waals surface area contributed by atoms with Crippen molar-refractivity contribution in [2.75, 3.05) is 19.6 Å². The van der Waals surface area contributed by atoms with Crippen molar-refractivity contribution in [1.82, 2.24) is 4.90 Å². The summed E-state index contributed by atoms with van der Waals surface area (Å²) in [5.74, 6) is 0.700. The monoisotopic (exact) mass is 165 g/mol. The van der Waals surface area contributed by atoms with Gasteiger partial charge in [0.2, 0.25) is 0 Å². The molecule has 0 fully saturated rings. The van der Waals surface area contributed by atoms with Gasteiger partial charge in [-0.05, 0) is 32.0 Å². The molecule has 1 aliphatic carbocycles. The zero-order valence-corrected chi connectivity index (χ0v) is 8.16. The number of allylic oxidation sites excluding steroid dienone is 4. The van der Waals surface area contributed by atoms with Crippen molar-refractivity contribution < 1.29 is 0 Å². The first-order valence-electron chi connectivity index (χ1n) is 4.94. The van der Waals surface area contributed by atoms with Crippen LogP contribution in [-0.2, 0) is 0 Å². The Morgan fingerprint density at radius 3 is 2.17 bits per heavy atom. The maximum absolute atomic E-state index is 2.47. The maximum Gasteiger partial charge on any atom is -0.00104 e. The molecule has 0 amide bonds. The summed E-state index contributed by atoms with van der Waals surface area (Å²) in [5, 5.41) is 0. The van der Waals surface area contributed by atoms with E-state index in [0.29, 0.717) is 5.92 Å². The lowest BCUT2D eigenvalue weighted by Gasteiger charge is -2.18. The molecule has 0 heterocycles. The topological polar surface area (TPSA) is 3.24 Å². The normalized spacial score (nSPS) is 16.6. The van der Waals surface area contributed by atoms with Gasteiger partial charge in [0.15, 0.2) is 0 Å². The van der Waals surface area contributed by atoms with E-state index in [1.165, 1.54) is 26.1 Å². The highest BCUT2D eigenvalue weighted by molar-refractivity contribution is 5.17. The van der Waals surface area contributed by atoms with Crippen LogP contribution in [0.5, 0.6) is 0 Å². The summed E-state index contributed by atoms with van der Waals surface area (Å²) in [6.07, 6.45) is 10.1. The van der Waals surface area contributed by atoms with Gasteiger partial charge in [0.05, 0.1) is 0 Å². The van der Waals surface area contributed by atoms with E-state index in [2.05, 4.69) is 43.1 Å². The molecular weight excluding hydrogens is 146 g/mol. The highest BCUT2D eigenvalue weighted by Gasteiger charge is 2.05. The largest absolute Gasteiger partial charge is 0.304 e. The van der Waals surface area contributed by atoms with Gasteiger partial charge in [0.1, 0.15) is 0 Å². The van der Waals surface area contributed by atoms with Gasteiger partial charge < -0.3 is 4.90 Å². The average Bonchev–Trinajstić information content (AvgIpc) is 2.59. The standard InChI is InChI=1S/C11H19N/c1-3-12(4-2)10-9-11-7-5-6-8-11/h5-8,11H,3-4,9-10H2,1-2H3. The highest BCUT2D eigenvalue weighted by Crippen LogP contribution is 2.13. The second-order valence-corrected chi connectivity index (χ2v) is 3.25. The van der Waals surface area contributed by atoms with Crippen molar-refractivity contribution in [3.63, 3.8) is 0 Å². The molecule has 1 aliphatic rings. The van der Waals surface area contributed by atoms with E-state index in [9.17, 15) is 0 Å². The molecule has 0 aromatic carbocycles. The van der Waals surface area contributed by atoms with Gasteiger partial charge in [0, 0.05) is 0 Å². The Morgan fingerprint density at radius 1 is 1.08 bits per heavy atom. The quantitative estimate of drug-likeness (QED) is 0.605. The van der Waals surface area contributed by atoms with Gasteiger partial charge in [-0.15, -0.1) is 0 Å². The lowest BCUT2D eigenvalue weighted by atomic mass is 10.1. The molecule has 0 saturated carbocycles. The van der Waals surface area contributed by atoms with E-state index in [-0.39, 0.29) is 0 Å². The fourth-order valence-electron chi connectivity index (χ4n) is 1.54. The van der Waals surface area contributed by atoms with Crippen LogP contribution in [0.25, 0.3) is 0 Å². The third-order valence-electron chi connectivity index (χ3n) is 2.50. The predicted octanol–water partition coefficient (Wildman–Crippen LogP) is 2.46. The molecular formula is C11H19N. The molecule has 0 aliphatic heterocycles. The molecule has 0 N–H and O–H groups in total. The van der Waals surface area contributed by atoms with Crippen LogP contribution in [0.2, 0.25) is 0 Å². The Morgan fingerprint density at radius 2 is 1.67 bits per heavy atom. The molecule has 68 valence electrons. The molecule has 0 aromatic heterocycles. The summed E-state index contributed by atoms with van der Waals surface area (Å²) in [6.45, 7) is 8.04. The van der Waals surface area contributed by atoms with Crippen molar-refractivity contribution in [2.45, 2.75) is 20.3 Å². The van der Waals surface area contributed by atoms with Crippen LogP contribution in [0, 0.1) is 5.92 Å². The first kappa shape index (κ1) is 9.53. The zero-order chi connectivity index (χ0) is 8.81. The SMILES string of the molecule is CCN(CC)CCC1C=CC=C1. The Kier molecular flexibility index (Phi) is 4.09. The molecule has 0 radical (unpaired) electrons. The Labute approximate surface area is 75.8 Å². The fraction of sp³-hybridized carbons (Fsp3) is 0.636. The molecule has 0 saturated heterocycles. The first-order valence-corrected chi connectivity index (χ1v) is 4.94. The van der Waals surface area contributed by atoms with E-state index in [0.717, 1.165) is 0 Å². The van der Waals surface area contributed by atoms with Crippen LogP contribution in [-0.4, -0.2) is 24.5 Å². The van der Waals surface area contributed by atoms with E-state index >= 15 is 0 Å². The molecule has 0 atom stereocenters. The summed E-state index contributed by atoms with van der Waals surface area (Å²) in [6, 6.07) is 0. The van der Waals surface area contributed by atoms with Crippen LogP contribution in [0.15, 0.2) is 24.3 Å². The second-order valence-electron chi connectivity index (χ2n) is 3.25. The van der Waals surface area contributed by atoms with Gasteiger partial charge in [-0.2, -0.15) is 0 Å². The lowest BCUT2D eigenvalue weighted by molar-refractivity contribution is 0.293. The summed E-state index contributed by atoms with van der Waals surface area (Å²) in [5.41, 5.74) is 0. The average molecular weight is 165 g/mol. The molecule has 12 heavy (non-hydrogen) atoms. The van der Waals surface area contributed by atoms with Gasteiger partial charge >= 0.3 is 0 Å². The van der Waals surface area contributed by atoms with E-state index < -0.39 is 0 Å². The van der Waals surface area contributed by atoms with Gasteiger partial charge in [-0.25, -0.2) is 0 Å². The third kappa shape index (κ3) is 2.82. The second kappa shape index (κ2) is 5.15. The molecule has 0 unspecified atom stereocenters. The first-order chi connectivity index (χ1) is 5.86.